The zero-order chi connectivity index (χ0) is 16.1. The zero-order valence-electron chi connectivity index (χ0n) is 12.6. The van der Waals surface area contributed by atoms with E-state index >= 15 is 0 Å². The van der Waals surface area contributed by atoms with Crippen molar-refractivity contribution in [2.45, 2.75) is 18.9 Å². The Kier molecular flexibility index (Phi) is 4.36. The predicted octanol–water partition coefficient (Wildman–Crippen LogP) is 4.93. The Hall–Kier alpha value is -3.11. The molecule has 0 N–H and O–H groups in total. The fourth-order valence-corrected chi connectivity index (χ4v) is 2.71. The Balaban J connectivity index is 2.15. The average molecular weight is 304 g/mol. The maximum atomic E-state index is 8.81. The van der Waals surface area contributed by atoms with Gasteiger partial charge in [0, 0.05) is 10.6 Å². The topological polar surface area (TPSA) is 79.5 Å². The third kappa shape index (κ3) is 2.93. The van der Waals surface area contributed by atoms with E-state index in [-0.39, 0.29) is 6.04 Å². The summed E-state index contributed by atoms with van der Waals surface area (Å²) in [5.41, 5.74) is 12.2. The number of benzene rings is 2. The van der Waals surface area contributed by atoms with Gasteiger partial charge in [0.1, 0.15) is 5.52 Å². The summed E-state index contributed by atoms with van der Waals surface area (Å²) in [6.07, 6.45) is 3.50. The second-order valence-electron chi connectivity index (χ2n) is 5.15. The molecule has 0 aliphatic heterocycles. The second kappa shape index (κ2) is 6.77. The van der Waals surface area contributed by atoms with Crippen LogP contribution in [0, 0.1) is 0 Å². The number of allylic oxidation sites excluding steroid dienone is 1. The summed E-state index contributed by atoms with van der Waals surface area (Å²) in [5.74, 6) is 0. The molecule has 6 nitrogen and oxygen atoms in total. The number of hydrogen-bond acceptors (Lipinski definition) is 3. The molecule has 0 saturated heterocycles. The Bertz CT molecular complexity index is 875. The highest BCUT2D eigenvalue weighted by molar-refractivity contribution is 5.74. The van der Waals surface area contributed by atoms with Gasteiger partial charge in [-0.3, -0.25) is 0 Å². The van der Waals surface area contributed by atoms with Gasteiger partial charge in [0.2, 0.25) is 0 Å². The maximum absolute atomic E-state index is 8.81. The zero-order valence-corrected chi connectivity index (χ0v) is 12.6. The van der Waals surface area contributed by atoms with Crippen LogP contribution in [0.5, 0.6) is 0 Å². The summed E-state index contributed by atoms with van der Waals surface area (Å²) in [6, 6.07) is 15.3. The summed E-state index contributed by atoms with van der Waals surface area (Å²) in [7, 11) is 0. The fourth-order valence-electron chi connectivity index (χ4n) is 2.71. The molecule has 0 fully saturated rings. The lowest BCUT2D eigenvalue weighted by Crippen LogP contribution is -2.12. The highest BCUT2D eigenvalue weighted by Gasteiger charge is 2.19. The first kappa shape index (κ1) is 14.8. The molecule has 0 bridgehead atoms. The second-order valence-corrected chi connectivity index (χ2v) is 5.15. The van der Waals surface area contributed by atoms with Gasteiger partial charge in [0.15, 0.2) is 0 Å². The average Bonchev–Trinajstić information content (AvgIpc) is 3.01. The fraction of sp³-hybridized carbons (Fsp3) is 0.176. The summed E-state index contributed by atoms with van der Waals surface area (Å²) in [4.78, 5) is 2.93. The Morgan fingerprint density at radius 2 is 2.00 bits per heavy atom. The van der Waals surface area contributed by atoms with Gasteiger partial charge in [-0.2, -0.15) is 0 Å². The van der Waals surface area contributed by atoms with Gasteiger partial charge in [-0.1, -0.05) is 52.8 Å². The first-order valence-corrected chi connectivity index (χ1v) is 7.40. The first-order valence-electron chi connectivity index (χ1n) is 7.40. The normalized spacial score (nSPS) is 11.8. The molecule has 6 heteroatoms. The molecule has 1 unspecified atom stereocenters. The smallest absolute Gasteiger partial charge is 0.113 e. The van der Waals surface area contributed by atoms with Crippen molar-refractivity contribution in [3.8, 4) is 0 Å². The van der Waals surface area contributed by atoms with E-state index in [2.05, 4.69) is 26.9 Å². The molecule has 0 radical (unpaired) electrons. The van der Waals surface area contributed by atoms with E-state index in [1.165, 1.54) is 0 Å². The van der Waals surface area contributed by atoms with E-state index < -0.39 is 0 Å². The van der Waals surface area contributed by atoms with Gasteiger partial charge in [0.25, 0.3) is 0 Å². The van der Waals surface area contributed by atoms with Crippen LogP contribution in [-0.2, 0) is 0 Å². The molecule has 1 atom stereocenters. The molecule has 0 amide bonds. The molecule has 0 aliphatic carbocycles. The van der Waals surface area contributed by atoms with E-state index in [0.29, 0.717) is 5.69 Å². The molecule has 3 rings (SSSR count). The van der Waals surface area contributed by atoms with Crippen LogP contribution in [0.15, 0.2) is 66.3 Å². The van der Waals surface area contributed by atoms with Crippen LogP contribution in [0.3, 0.4) is 0 Å². The van der Waals surface area contributed by atoms with Crippen molar-refractivity contribution in [2.75, 3.05) is 0 Å². The number of fused-ring (bicyclic) bond motifs is 1. The van der Waals surface area contributed by atoms with Gasteiger partial charge < -0.3 is 0 Å². The standard InChI is InChI=1S/C17H16N6/c1-2-3-11-16(13-8-4-5-9-14(13)19-21-18)23-17-12-7-6-10-15(17)20-22-23/h2,4-10,12,16H,1,3,11H2. The van der Waals surface area contributed by atoms with Gasteiger partial charge in [0.05, 0.1) is 11.6 Å². The number of rotatable bonds is 6. The van der Waals surface area contributed by atoms with E-state index in [9.17, 15) is 0 Å². The first-order chi connectivity index (χ1) is 11.3. The molecule has 0 saturated carbocycles. The number of hydrogen-bond donors (Lipinski definition) is 0. The quantitative estimate of drug-likeness (QED) is 0.280. The van der Waals surface area contributed by atoms with Gasteiger partial charge in [-0.05, 0) is 36.1 Å². The largest absolute Gasteiger partial charge is 0.237 e. The van der Waals surface area contributed by atoms with Crippen molar-refractivity contribution in [3.63, 3.8) is 0 Å². The minimum absolute atomic E-state index is 0.0675. The molecular formula is C17H16N6. The van der Waals surface area contributed by atoms with Gasteiger partial charge >= 0.3 is 0 Å². The Morgan fingerprint density at radius 1 is 1.22 bits per heavy atom. The van der Waals surface area contributed by atoms with Gasteiger partial charge in [-0.15, -0.1) is 11.7 Å². The van der Waals surface area contributed by atoms with E-state index in [4.69, 9.17) is 5.53 Å². The minimum Gasteiger partial charge on any atom is -0.237 e. The van der Waals surface area contributed by atoms with Crippen molar-refractivity contribution in [3.05, 3.63) is 77.2 Å². The summed E-state index contributed by atoms with van der Waals surface area (Å²) in [5, 5.41) is 12.4. The Morgan fingerprint density at radius 3 is 2.83 bits per heavy atom. The highest BCUT2D eigenvalue weighted by atomic mass is 15.4. The van der Waals surface area contributed by atoms with E-state index in [1.807, 2.05) is 59.3 Å². The molecule has 3 aromatic rings. The molecule has 23 heavy (non-hydrogen) atoms. The molecular weight excluding hydrogens is 288 g/mol. The summed E-state index contributed by atoms with van der Waals surface area (Å²) < 4.78 is 1.89. The SMILES string of the molecule is C=CCCC(c1ccccc1N=[N+]=[N-])n1nnc2ccccc21. The lowest BCUT2D eigenvalue weighted by Gasteiger charge is -2.19. The van der Waals surface area contributed by atoms with Crippen LogP contribution in [-0.4, -0.2) is 15.0 Å². The lowest BCUT2D eigenvalue weighted by atomic mass is 10.00. The predicted molar refractivity (Wildman–Crippen MR) is 90.3 cm³/mol. The van der Waals surface area contributed by atoms with E-state index in [0.717, 1.165) is 29.4 Å². The molecule has 2 aromatic carbocycles. The van der Waals surface area contributed by atoms with E-state index in [1.54, 1.807) is 0 Å². The van der Waals surface area contributed by atoms with Gasteiger partial charge in [-0.25, -0.2) is 4.68 Å². The minimum atomic E-state index is -0.0675. The molecule has 0 aliphatic rings. The third-order valence-electron chi connectivity index (χ3n) is 3.77. The molecule has 0 spiro atoms. The van der Waals surface area contributed by atoms with Crippen LogP contribution < -0.4 is 0 Å². The van der Waals surface area contributed by atoms with Crippen molar-refractivity contribution in [1.82, 2.24) is 15.0 Å². The third-order valence-corrected chi connectivity index (χ3v) is 3.77. The van der Waals surface area contributed by atoms with Crippen LogP contribution in [0.1, 0.15) is 24.4 Å². The van der Waals surface area contributed by atoms with Crippen molar-refractivity contribution in [1.29, 1.82) is 0 Å². The van der Waals surface area contributed by atoms with Crippen molar-refractivity contribution in [2.24, 2.45) is 5.11 Å². The van der Waals surface area contributed by atoms with Crippen LogP contribution in [0.25, 0.3) is 21.5 Å². The van der Waals surface area contributed by atoms with Crippen LogP contribution in [0.2, 0.25) is 0 Å². The molecule has 1 aromatic heterocycles. The monoisotopic (exact) mass is 304 g/mol. The van der Waals surface area contributed by atoms with Crippen LogP contribution in [0.4, 0.5) is 5.69 Å². The Labute approximate surface area is 133 Å². The number of aromatic nitrogens is 3. The molecule has 114 valence electrons. The number of azide groups is 1. The number of para-hydroxylation sites is 1. The molecule has 1 heterocycles. The number of nitrogens with zero attached hydrogens (tertiary/aromatic N) is 6. The summed E-state index contributed by atoms with van der Waals surface area (Å²) in [6.45, 7) is 3.80. The lowest BCUT2D eigenvalue weighted by molar-refractivity contribution is 0.493. The highest BCUT2D eigenvalue weighted by Crippen LogP contribution is 2.33. The maximum Gasteiger partial charge on any atom is 0.113 e. The van der Waals surface area contributed by atoms with Crippen molar-refractivity contribution >= 4 is 16.7 Å². The van der Waals surface area contributed by atoms with Crippen LogP contribution >= 0.6 is 0 Å². The van der Waals surface area contributed by atoms with Crippen molar-refractivity contribution < 1.29 is 0 Å². The summed E-state index contributed by atoms with van der Waals surface area (Å²) >= 11 is 0.